The van der Waals surface area contributed by atoms with Crippen molar-refractivity contribution in [3.05, 3.63) is 0 Å². The van der Waals surface area contributed by atoms with E-state index in [-0.39, 0.29) is 0 Å². The number of alkyl halides is 1. The van der Waals surface area contributed by atoms with Gasteiger partial charge < -0.3 is 9.80 Å². The summed E-state index contributed by atoms with van der Waals surface area (Å²) in [5.74, 6) is 0. The van der Waals surface area contributed by atoms with Gasteiger partial charge in [0.1, 0.15) is 0 Å². The van der Waals surface area contributed by atoms with E-state index < -0.39 is 0 Å². The van der Waals surface area contributed by atoms with Crippen molar-refractivity contribution in [3.8, 4) is 0 Å². The first kappa shape index (κ1) is 10.9. The minimum atomic E-state index is 0.745. The van der Waals surface area contributed by atoms with E-state index in [0.717, 1.165) is 4.83 Å². The summed E-state index contributed by atoms with van der Waals surface area (Å²) in [6.45, 7) is 7.82. The molecule has 0 aromatic heterocycles. The third-order valence-electron chi connectivity index (χ3n) is 3.38. The second-order valence-corrected chi connectivity index (χ2v) is 5.88. The molecule has 2 aliphatic rings. The second-order valence-electron chi connectivity index (χ2n) is 4.59. The first-order chi connectivity index (χ1) is 6.84. The Balaban J connectivity index is 1.64. The van der Waals surface area contributed by atoms with Crippen LogP contribution in [0.5, 0.6) is 0 Å². The van der Waals surface area contributed by atoms with E-state index in [4.69, 9.17) is 0 Å². The van der Waals surface area contributed by atoms with Gasteiger partial charge >= 0.3 is 0 Å². The van der Waals surface area contributed by atoms with Crippen LogP contribution in [0.4, 0.5) is 0 Å². The highest BCUT2D eigenvalue weighted by atomic mass is 79.9. The monoisotopic (exact) mass is 260 g/mol. The molecule has 2 nitrogen and oxygen atoms in total. The van der Waals surface area contributed by atoms with Crippen LogP contribution in [-0.2, 0) is 0 Å². The van der Waals surface area contributed by atoms with Gasteiger partial charge in [0.25, 0.3) is 0 Å². The van der Waals surface area contributed by atoms with Gasteiger partial charge in [-0.2, -0.15) is 0 Å². The topological polar surface area (TPSA) is 6.48 Å². The Hall–Kier alpha value is 0.400. The molecule has 0 radical (unpaired) electrons. The summed E-state index contributed by atoms with van der Waals surface area (Å²) in [5.41, 5.74) is 0. The first-order valence-corrected chi connectivity index (χ1v) is 6.85. The van der Waals surface area contributed by atoms with Crippen LogP contribution in [0.1, 0.15) is 25.7 Å². The zero-order valence-electron chi connectivity index (χ0n) is 8.92. The van der Waals surface area contributed by atoms with Gasteiger partial charge in [0.2, 0.25) is 0 Å². The average molecular weight is 261 g/mol. The molecule has 0 N–H and O–H groups in total. The van der Waals surface area contributed by atoms with Crippen LogP contribution in [0.2, 0.25) is 0 Å². The quantitative estimate of drug-likeness (QED) is 0.716. The molecule has 2 saturated heterocycles. The van der Waals surface area contributed by atoms with Crippen molar-refractivity contribution in [2.75, 3.05) is 39.3 Å². The minimum absolute atomic E-state index is 0.745. The first-order valence-electron chi connectivity index (χ1n) is 5.93. The molecule has 2 rings (SSSR count). The van der Waals surface area contributed by atoms with E-state index in [9.17, 15) is 0 Å². The van der Waals surface area contributed by atoms with Crippen LogP contribution < -0.4 is 0 Å². The standard InChI is InChI=1S/C11H21BrN2/c12-11-4-3-7-14(10-11)9-8-13-5-1-2-6-13/h11H,1-10H2. The van der Waals surface area contributed by atoms with Crippen LogP contribution in [-0.4, -0.2) is 53.9 Å². The summed E-state index contributed by atoms with van der Waals surface area (Å²) in [6, 6.07) is 0. The van der Waals surface area contributed by atoms with Gasteiger partial charge in [-0.25, -0.2) is 0 Å². The molecule has 3 heteroatoms. The molecule has 2 heterocycles. The summed E-state index contributed by atoms with van der Waals surface area (Å²) < 4.78 is 0. The molecule has 0 aromatic carbocycles. The fourth-order valence-corrected chi connectivity index (χ4v) is 3.22. The lowest BCUT2D eigenvalue weighted by Crippen LogP contribution is -2.40. The normalized spacial score (nSPS) is 31.1. The molecule has 2 fully saturated rings. The highest BCUT2D eigenvalue weighted by Gasteiger charge is 2.18. The molecule has 2 aliphatic heterocycles. The maximum Gasteiger partial charge on any atom is 0.0273 e. The lowest BCUT2D eigenvalue weighted by Gasteiger charge is -2.31. The molecule has 14 heavy (non-hydrogen) atoms. The van der Waals surface area contributed by atoms with Crippen LogP contribution in [0.3, 0.4) is 0 Å². The molecule has 0 aliphatic carbocycles. The van der Waals surface area contributed by atoms with E-state index in [1.54, 1.807) is 0 Å². The fraction of sp³-hybridized carbons (Fsp3) is 1.00. The van der Waals surface area contributed by atoms with Crippen molar-refractivity contribution in [1.29, 1.82) is 0 Å². The number of hydrogen-bond acceptors (Lipinski definition) is 2. The molecule has 0 bridgehead atoms. The number of rotatable bonds is 3. The second kappa shape index (κ2) is 5.47. The van der Waals surface area contributed by atoms with Crippen LogP contribution in [0.15, 0.2) is 0 Å². The van der Waals surface area contributed by atoms with Gasteiger partial charge in [-0.1, -0.05) is 15.9 Å². The summed E-state index contributed by atoms with van der Waals surface area (Å²) in [5, 5.41) is 0. The van der Waals surface area contributed by atoms with E-state index >= 15 is 0 Å². The summed E-state index contributed by atoms with van der Waals surface area (Å²) >= 11 is 3.73. The third kappa shape index (κ3) is 3.21. The molecular formula is C11H21BrN2. The predicted molar refractivity (Wildman–Crippen MR) is 64.1 cm³/mol. The molecule has 1 atom stereocenters. The van der Waals surface area contributed by atoms with Crippen molar-refractivity contribution < 1.29 is 0 Å². The smallest absolute Gasteiger partial charge is 0.0273 e. The highest BCUT2D eigenvalue weighted by molar-refractivity contribution is 9.09. The number of likely N-dealkylation sites (tertiary alicyclic amines) is 2. The van der Waals surface area contributed by atoms with Gasteiger partial charge in [0, 0.05) is 24.5 Å². The number of halogens is 1. The number of hydrogen-bond donors (Lipinski definition) is 0. The van der Waals surface area contributed by atoms with Gasteiger partial charge in [0.05, 0.1) is 0 Å². The van der Waals surface area contributed by atoms with Crippen molar-refractivity contribution in [1.82, 2.24) is 9.80 Å². The Labute approximate surface area is 95.8 Å². The maximum atomic E-state index is 3.73. The summed E-state index contributed by atoms with van der Waals surface area (Å²) in [7, 11) is 0. The van der Waals surface area contributed by atoms with Crippen LogP contribution in [0, 0.1) is 0 Å². The Morgan fingerprint density at radius 3 is 2.29 bits per heavy atom. The van der Waals surface area contributed by atoms with Gasteiger partial charge in [-0.15, -0.1) is 0 Å². The van der Waals surface area contributed by atoms with E-state index in [1.807, 2.05) is 0 Å². The molecule has 0 saturated carbocycles. The van der Waals surface area contributed by atoms with Crippen molar-refractivity contribution in [2.45, 2.75) is 30.5 Å². The molecule has 0 spiro atoms. The molecular weight excluding hydrogens is 240 g/mol. The predicted octanol–water partition coefficient (Wildman–Crippen LogP) is 1.94. The fourth-order valence-electron chi connectivity index (χ4n) is 2.49. The maximum absolute atomic E-state index is 3.73. The van der Waals surface area contributed by atoms with Crippen LogP contribution in [0.25, 0.3) is 0 Å². The zero-order chi connectivity index (χ0) is 9.80. The number of nitrogens with zero attached hydrogens (tertiary/aromatic N) is 2. The van der Waals surface area contributed by atoms with Gasteiger partial charge in [-0.05, 0) is 45.3 Å². The molecule has 0 amide bonds. The lowest BCUT2D eigenvalue weighted by atomic mass is 10.1. The van der Waals surface area contributed by atoms with E-state index in [2.05, 4.69) is 25.7 Å². The molecule has 0 aromatic rings. The SMILES string of the molecule is BrC1CCCN(CCN2CCCC2)C1. The van der Waals surface area contributed by atoms with Gasteiger partial charge in [0.15, 0.2) is 0 Å². The minimum Gasteiger partial charge on any atom is -0.302 e. The summed E-state index contributed by atoms with van der Waals surface area (Å²) in [4.78, 5) is 5.97. The Kier molecular flexibility index (Phi) is 4.26. The van der Waals surface area contributed by atoms with Crippen molar-refractivity contribution in [2.24, 2.45) is 0 Å². The Morgan fingerprint density at radius 2 is 1.57 bits per heavy atom. The highest BCUT2D eigenvalue weighted by Crippen LogP contribution is 2.16. The number of piperidine rings is 1. The Morgan fingerprint density at radius 1 is 0.929 bits per heavy atom. The summed E-state index contributed by atoms with van der Waals surface area (Å²) in [6.07, 6.45) is 5.57. The zero-order valence-corrected chi connectivity index (χ0v) is 10.5. The van der Waals surface area contributed by atoms with E-state index in [1.165, 1.54) is 65.0 Å². The third-order valence-corrected chi connectivity index (χ3v) is 4.13. The molecule has 1 unspecified atom stereocenters. The molecule has 82 valence electrons. The van der Waals surface area contributed by atoms with E-state index in [0.29, 0.717) is 0 Å². The lowest BCUT2D eigenvalue weighted by molar-refractivity contribution is 0.201. The largest absolute Gasteiger partial charge is 0.302 e. The Bertz CT molecular complexity index is 169. The average Bonchev–Trinajstić information content (AvgIpc) is 2.67. The van der Waals surface area contributed by atoms with Crippen LogP contribution >= 0.6 is 15.9 Å². The van der Waals surface area contributed by atoms with Crippen molar-refractivity contribution in [3.63, 3.8) is 0 Å². The van der Waals surface area contributed by atoms with Gasteiger partial charge in [-0.3, -0.25) is 0 Å². The van der Waals surface area contributed by atoms with Crippen molar-refractivity contribution >= 4 is 15.9 Å².